The molecule has 0 bridgehead atoms. The smallest absolute Gasteiger partial charge is 0.251 e. The first-order valence-corrected chi connectivity index (χ1v) is 6.74. The van der Waals surface area contributed by atoms with E-state index in [2.05, 4.69) is 10.6 Å². The van der Waals surface area contributed by atoms with Gasteiger partial charge in [0.25, 0.3) is 5.91 Å². The summed E-state index contributed by atoms with van der Waals surface area (Å²) in [6.07, 6.45) is 1.55. The van der Waals surface area contributed by atoms with E-state index in [9.17, 15) is 9.59 Å². The van der Waals surface area contributed by atoms with Crippen LogP contribution in [0.3, 0.4) is 0 Å². The topological polar surface area (TPSA) is 71.3 Å². The monoisotopic (exact) mass is 286 g/mol. The number of amides is 2. The summed E-state index contributed by atoms with van der Waals surface area (Å²) in [5, 5.41) is 5.38. The lowest BCUT2D eigenvalue weighted by atomic mass is 10.1. The SMILES string of the molecule is Cc1cccc(C(=O)N[C@@H](C)C(=O)NCc2ccco2)c1. The van der Waals surface area contributed by atoms with Gasteiger partial charge in [0.2, 0.25) is 5.91 Å². The van der Waals surface area contributed by atoms with Gasteiger partial charge in [0.15, 0.2) is 0 Å². The van der Waals surface area contributed by atoms with Crippen molar-refractivity contribution in [1.29, 1.82) is 0 Å². The Morgan fingerprint density at radius 2 is 2.05 bits per heavy atom. The van der Waals surface area contributed by atoms with Crippen LogP contribution in [0, 0.1) is 6.92 Å². The highest BCUT2D eigenvalue weighted by Gasteiger charge is 2.16. The molecule has 21 heavy (non-hydrogen) atoms. The fourth-order valence-electron chi connectivity index (χ4n) is 1.87. The molecule has 0 saturated carbocycles. The Kier molecular flexibility index (Phi) is 4.77. The molecule has 1 aromatic carbocycles. The minimum absolute atomic E-state index is 0.257. The number of nitrogens with one attached hydrogen (secondary N) is 2. The molecule has 110 valence electrons. The average molecular weight is 286 g/mol. The fourth-order valence-corrected chi connectivity index (χ4v) is 1.87. The molecule has 5 nitrogen and oxygen atoms in total. The molecule has 2 aromatic rings. The minimum Gasteiger partial charge on any atom is -0.467 e. The lowest BCUT2D eigenvalue weighted by molar-refractivity contribution is -0.122. The Labute approximate surface area is 123 Å². The first-order chi connectivity index (χ1) is 10.1. The molecule has 5 heteroatoms. The van der Waals surface area contributed by atoms with E-state index in [-0.39, 0.29) is 11.8 Å². The molecule has 0 spiro atoms. The van der Waals surface area contributed by atoms with E-state index in [1.807, 2.05) is 19.1 Å². The Morgan fingerprint density at radius 1 is 1.24 bits per heavy atom. The van der Waals surface area contributed by atoms with Crippen molar-refractivity contribution in [2.24, 2.45) is 0 Å². The van der Waals surface area contributed by atoms with Crippen molar-refractivity contribution in [2.45, 2.75) is 26.4 Å². The second-order valence-electron chi connectivity index (χ2n) is 4.86. The normalized spacial score (nSPS) is 11.7. The van der Waals surface area contributed by atoms with Gasteiger partial charge in [-0.1, -0.05) is 17.7 Å². The van der Waals surface area contributed by atoms with Crippen LogP contribution >= 0.6 is 0 Å². The minimum atomic E-state index is -0.618. The maximum Gasteiger partial charge on any atom is 0.251 e. The number of rotatable bonds is 5. The van der Waals surface area contributed by atoms with Crippen LogP contribution in [0.1, 0.15) is 28.6 Å². The molecule has 1 heterocycles. The maximum absolute atomic E-state index is 12.0. The molecular formula is C16H18N2O3. The number of carbonyl (C=O) groups is 2. The second kappa shape index (κ2) is 6.74. The van der Waals surface area contributed by atoms with Crippen molar-refractivity contribution < 1.29 is 14.0 Å². The Bertz CT molecular complexity index is 620. The van der Waals surface area contributed by atoms with Crippen molar-refractivity contribution in [1.82, 2.24) is 10.6 Å². The number of furan rings is 1. The molecule has 0 fully saturated rings. The lowest BCUT2D eigenvalue weighted by Crippen LogP contribution is -2.44. The first kappa shape index (κ1) is 14.8. The van der Waals surface area contributed by atoms with Gasteiger partial charge in [0, 0.05) is 5.56 Å². The molecule has 2 amide bonds. The zero-order chi connectivity index (χ0) is 15.2. The molecule has 0 aliphatic heterocycles. The van der Waals surface area contributed by atoms with Gasteiger partial charge < -0.3 is 15.1 Å². The van der Waals surface area contributed by atoms with Crippen molar-refractivity contribution in [3.05, 3.63) is 59.5 Å². The van der Waals surface area contributed by atoms with E-state index in [0.717, 1.165) is 5.56 Å². The number of aryl methyl sites for hydroxylation is 1. The predicted octanol–water partition coefficient (Wildman–Crippen LogP) is 2.02. The summed E-state index contributed by atoms with van der Waals surface area (Å²) >= 11 is 0. The van der Waals surface area contributed by atoms with Gasteiger partial charge in [-0.25, -0.2) is 0 Å². The third-order valence-corrected chi connectivity index (χ3v) is 3.04. The van der Waals surface area contributed by atoms with Crippen LogP contribution in [-0.4, -0.2) is 17.9 Å². The molecule has 0 radical (unpaired) electrons. The molecule has 0 unspecified atom stereocenters. The quantitative estimate of drug-likeness (QED) is 0.883. The third kappa shape index (κ3) is 4.21. The van der Waals surface area contributed by atoms with E-state index in [0.29, 0.717) is 17.9 Å². The van der Waals surface area contributed by atoms with Crippen LogP contribution in [0.5, 0.6) is 0 Å². The Morgan fingerprint density at radius 3 is 2.71 bits per heavy atom. The standard InChI is InChI=1S/C16H18N2O3/c1-11-5-3-6-13(9-11)16(20)18-12(2)15(19)17-10-14-7-4-8-21-14/h3-9,12H,10H2,1-2H3,(H,17,19)(H,18,20)/t12-/m0/s1. The second-order valence-corrected chi connectivity index (χ2v) is 4.86. The zero-order valence-corrected chi connectivity index (χ0v) is 12.1. The molecule has 1 aromatic heterocycles. The summed E-state index contributed by atoms with van der Waals surface area (Å²) < 4.78 is 5.13. The summed E-state index contributed by atoms with van der Waals surface area (Å²) in [6, 6.07) is 10.1. The van der Waals surface area contributed by atoms with Crippen molar-refractivity contribution in [3.8, 4) is 0 Å². The summed E-state index contributed by atoms with van der Waals surface area (Å²) in [5.74, 6) is 0.146. The number of hydrogen-bond acceptors (Lipinski definition) is 3. The number of hydrogen-bond donors (Lipinski definition) is 2. The summed E-state index contributed by atoms with van der Waals surface area (Å²) in [7, 11) is 0. The molecule has 2 rings (SSSR count). The van der Waals surface area contributed by atoms with E-state index >= 15 is 0 Å². The van der Waals surface area contributed by atoms with Crippen LogP contribution in [0.2, 0.25) is 0 Å². The summed E-state index contributed by atoms with van der Waals surface area (Å²) in [5.41, 5.74) is 1.54. The van der Waals surface area contributed by atoms with E-state index in [1.165, 1.54) is 0 Å². The average Bonchev–Trinajstić information content (AvgIpc) is 2.97. The Balaban J connectivity index is 1.86. The number of benzene rings is 1. The van der Waals surface area contributed by atoms with Gasteiger partial charge in [0.05, 0.1) is 12.8 Å². The molecule has 0 aliphatic rings. The van der Waals surface area contributed by atoms with Crippen LogP contribution in [-0.2, 0) is 11.3 Å². The Hall–Kier alpha value is -2.56. The van der Waals surface area contributed by atoms with Crippen LogP contribution in [0.15, 0.2) is 47.1 Å². The highest BCUT2D eigenvalue weighted by molar-refractivity contribution is 5.97. The molecule has 2 N–H and O–H groups in total. The highest BCUT2D eigenvalue weighted by atomic mass is 16.3. The molecule has 1 atom stereocenters. The maximum atomic E-state index is 12.0. The van der Waals surface area contributed by atoms with Gasteiger partial charge in [-0.2, -0.15) is 0 Å². The summed E-state index contributed by atoms with van der Waals surface area (Å²) in [4.78, 5) is 23.9. The predicted molar refractivity (Wildman–Crippen MR) is 78.7 cm³/mol. The van der Waals surface area contributed by atoms with Gasteiger partial charge in [-0.05, 0) is 38.1 Å². The van der Waals surface area contributed by atoms with Crippen LogP contribution < -0.4 is 10.6 Å². The van der Waals surface area contributed by atoms with E-state index in [1.54, 1.807) is 37.5 Å². The van der Waals surface area contributed by atoms with Gasteiger partial charge in [-0.15, -0.1) is 0 Å². The van der Waals surface area contributed by atoms with Gasteiger partial charge in [-0.3, -0.25) is 9.59 Å². The van der Waals surface area contributed by atoms with E-state index in [4.69, 9.17) is 4.42 Å². The highest BCUT2D eigenvalue weighted by Crippen LogP contribution is 2.04. The summed E-state index contributed by atoms with van der Waals surface area (Å²) in [6.45, 7) is 3.86. The fraction of sp³-hybridized carbons (Fsp3) is 0.250. The van der Waals surface area contributed by atoms with Crippen molar-refractivity contribution in [3.63, 3.8) is 0 Å². The molecular weight excluding hydrogens is 268 g/mol. The number of carbonyl (C=O) groups excluding carboxylic acids is 2. The zero-order valence-electron chi connectivity index (χ0n) is 12.1. The van der Waals surface area contributed by atoms with Gasteiger partial charge >= 0.3 is 0 Å². The van der Waals surface area contributed by atoms with Crippen LogP contribution in [0.4, 0.5) is 0 Å². The molecule has 0 saturated heterocycles. The largest absolute Gasteiger partial charge is 0.467 e. The van der Waals surface area contributed by atoms with Crippen molar-refractivity contribution in [2.75, 3.05) is 0 Å². The van der Waals surface area contributed by atoms with Crippen molar-refractivity contribution >= 4 is 11.8 Å². The lowest BCUT2D eigenvalue weighted by Gasteiger charge is -2.13. The molecule has 0 aliphatic carbocycles. The van der Waals surface area contributed by atoms with Gasteiger partial charge in [0.1, 0.15) is 11.8 Å². The van der Waals surface area contributed by atoms with E-state index < -0.39 is 6.04 Å². The van der Waals surface area contributed by atoms with Crippen LogP contribution in [0.25, 0.3) is 0 Å². The third-order valence-electron chi connectivity index (χ3n) is 3.04. The first-order valence-electron chi connectivity index (χ1n) is 6.74.